The van der Waals surface area contributed by atoms with E-state index in [0.29, 0.717) is 22.6 Å². The lowest BCUT2D eigenvalue weighted by atomic mass is 10.0. The number of nitrogens with one attached hydrogen (secondary N) is 1. The van der Waals surface area contributed by atoms with E-state index in [1.165, 1.54) is 11.6 Å². The number of anilines is 1. The number of benzene rings is 1. The first kappa shape index (κ1) is 15.4. The van der Waals surface area contributed by atoms with Gasteiger partial charge < -0.3 is 5.73 Å². The van der Waals surface area contributed by atoms with Crippen molar-refractivity contribution in [3.8, 4) is 23.1 Å². The maximum Gasteiger partial charge on any atom is 0.180 e. The summed E-state index contributed by atoms with van der Waals surface area (Å²) < 4.78 is 1.48. The third-order valence-corrected chi connectivity index (χ3v) is 3.79. The number of nitrogens with zero attached hydrogens (tertiary/aromatic N) is 4. The van der Waals surface area contributed by atoms with Crippen molar-refractivity contribution >= 4 is 11.5 Å². The summed E-state index contributed by atoms with van der Waals surface area (Å²) in [4.78, 5) is 16.2. The molecule has 0 aliphatic carbocycles. The normalized spacial score (nSPS) is 10.5. The molecule has 1 aromatic rings. The number of nitriles is 1. The Hall–Kier alpha value is -3.53. The fourth-order valence-electron chi connectivity index (χ4n) is 2.65. The first-order valence-electron chi connectivity index (χ1n) is 7.20. The molecule has 0 radical (unpaired) electrons. The number of nitrogens with two attached hydrogens (primary N) is 1. The number of fused-ring (bicyclic) bond motifs is 1. The summed E-state index contributed by atoms with van der Waals surface area (Å²) in [7, 11) is 0. The Bertz CT molecular complexity index is 1030. The quantitative estimate of drug-likeness (QED) is 0.698. The van der Waals surface area contributed by atoms with Gasteiger partial charge >= 0.3 is 0 Å². The zero-order chi connectivity index (χ0) is 17.4. The maximum absolute atomic E-state index is 12.0. The van der Waals surface area contributed by atoms with Crippen LogP contribution >= 0.6 is 0 Å². The molecule has 7 nitrogen and oxygen atoms in total. The third kappa shape index (κ3) is 2.21. The zero-order valence-electron chi connectivity index (χ0n) is 13.2. The highest BCUT2D eigenvalue weighted by molar-refractivity contribution is 5.96. The summed E-state index contributed by atoms with van der Waals surface area (Å²) in [6.07, 6.45) is 0. The Morgan fingerprint density at radius 2 is 2.00 bits per heavy atom. The van der Waals surface area contributed by atoms with E-state index in [4.69, 9.17) is 11.1 Å². The number of nitrogen functional groups attached to an aromatic ring is 1. The molecule has 0 spiro atoms. The van der Waals surface area contributed by atoms with Gasteiger partial charge in [0.25, 0.3) is 0 Å². The van der Waals surface area contributed by atoms with Gasteiger partial charge in [-0.15, -0.1) is 0 Å². The van der Waals surface area contributed by atoms with Crippen LogP contribution in [-0.2, 0) is 0 Å². The second kappa shape index (κ2) is 5.59. The molecule has 0 unspecified atom stereocenters. The molecule has 2 aliphatic heterocycles. The largest absolute Gasteiger partial charge is 0.397 e. The van der Waals surface area contributed by atoms with Crippen LogP contribution in [0.25, 0.3) is 17.1 Å². The molecule has 3 N–H and O–H groups in total. The van der Waals surface area contributed by atoms with Crippen molar-refractivity contribution < 1.29 is 4.79 Å². The first-order valence-corrected chi connectivity index (χ1v) is 7.20. The molecule has 2 heterocycles. The summed E-state index contributed by atoms with van der Waals surface area (Å²) in [6.45, 7) is 3.13. The molecule has 0 saturated heterocycles. The van der Waals surface area contributed by atoms with Crippen LogP contribution < -0.4 is 11.2 Å². The van der Waals surface area contributed by atoms with Crippen molar-refractivity contribution in [2.24, 2.45) is 0 Å². The lowest BCUT2D eigenvalue weighted by Gasteiger charge is -2.20. The highest BCUT2D eigenvalue weighted by Crippen LogP contribution is 2.32. The third-order valence-electron chi connectivity index (χ3n) is 3.79. The Labute approximate surface area is 137 Å². The van der Waals surface area contributed by atoms with Crippen molar-refractivity contribution in [1.82, 2.24) is 14.8 Å². The van der Waals surface area contributed by atoms with Gasteiger partial charge in [0.05, 0.1) is 11.4 Å². The van der Waals surface area contributed by atoms with Crippen molar-refractivity contribution in [2.45, 2.75) is 13.8 Å². The molecule has 2 aliphatic rings. The molecule has 24 heavy (non-hydrogen) atoms. The van der Waals surface area contributed by atoms with Crippen LogP contribution in [0.2, 0.25) is 0 Å². The Morgan fingerprint density at radius 3 is 2.58 bits per heavy atom. The molecule has 1 aromatic carbocycles. The summed E-state index contributed by atoms with van der Waals surface area (Å²) in [6, 6.07) is 11.0. The van der Waals surface area contributed by atoms with Gasteiger partial charge in [0, 0.05) is 12.5 Å². The predicted octanol–water partition coefficient (Wildman–Crippen LogP) is 1.82. The van der Waals surface area contributed by atoms with Gasteiger partial charge in [0.15, 0.2) is 17.1 Å². The van der Waals surface area contributed by atoms with Gasteiger partial charge in [-0.3, -0.25) is 10.2 Å². The number of para-hydroxylation sites is 1. The Kier molecular flexibility index (Phi) is 3.58. The average Bonchev–Trinajstić information content (AvgIpc) is 2.55. The number of carbonyl (C=O) groups is 1. The minimum absolute atomic E-state index is 0.00841. The highest BCUT2D eigenvalue weighted by Gasteiger charge is 2.24. The van der Waals surface area contributed by atoms with Crippen LogP contribution in [0, 0.1) is 23.7 Å². The van der Waals surface area contributed by atoms with Crippen molar-refractivity contribution in [3.63, 3.8) is 0 Å². The summed E-state index contributed by atoms with van der Waals surface area (Å²) in [5.41, 5.74) is 7.97. The second-order valence-electron chi connectivity index (χ2n) is 5.34. The van der Waals surface area contributed by atoms with Gasteiger partial charge in [0.1, 0.15) is 17.3 Å². The molecule has 0 aromatic heterocycles. The number of rotatable bonds is 2. The smallest absolute Gasteiger partial charge is 0.180 e. The van der Waals surface area contributed by atoms with E-state index in [2.05, 4.69) is 10.1 Å². The number of ketones is 1. The van der Waals surface area contributed by atoms with Gasteiger partial charge in [0.2, 0.25) is 0 Å². The molecule has 3 rings (SSSR count). The maximum atomic E-state index is 12.0. The van der Waals surface area contributed by atoms with Crippen molar-refractivity contribution in [3.05, 3.63) is 52.6 Å². The predicted molar refractivity (Wildman–Crippen MR) is 87.7 cm³/mol. The number of hydrogen-bond donors (Lipinski definition) is 2. The van der Waals surface area contributed by atoms with Crippen LogP contribution in [-0.4, -0.2) is 20.5 Å². The van der Waals surface area contributed by atoms with Crippen LogP contribution in [0.3, 0.4) is 0 Å². The van der Waals surface area contributed by atoms with E-state index in [1.54, 1.807) is 6.92 Å². The number of carbonyl (C=O) groups excluding carboxylic acids is 1. The van der Waals surface area contributed by atoms with E-state index in [9.17, 15) is 10.1 Å². The summed E-state index contributed by atoms with van der Waals surface area (Å²) in [5, 5.41) is 21.6. The molecule has 0 saturated carbocycles. The fourth-order valence-corrected chi connectivity index (χ4v) is 2.65. The molecular formula is C17H14N6O. The molecule has 0 bridgehead atoms. The summed E-state index contributed by atoms with van der Waals surface area (Å²) >= 11 is 0. The molecule has 118 valence electrons. The molecule has 0 atom stereocenters. The van der Waals surface area contributed by atoms with Crippen LogP contribution in [0.15, 0.2) is 30.3 Å². The van der Waals surface area contributed by atoms with Gasteiger partial charge in [-0.05, 0) is 24.6 Å². The molecule has 0 amide bonds. The lowest BCUT2D eigenvalue weighted by Crippen LogP contribution is -2.23. The van der Waals surface area contributed by atoms with Gasteiger partial charge in [-0.25, -0.2) is 9.67 Å². The van der Waals surface area contributed by atoms with E-state index in [-0.39, 0.29) is 28.2 Å². The topological polar surface area (TPSA) is 121 Å². The Balaban J connectivity index is 2.54. The lowest BCUT2D eigenvalue weighted by molar-refractivity contribution is 0.101. The number of Topliss-reactive ketones (excluding diaryl/α,β-unsaturated/α-hetero) is 1. The van der Waals surface area contributed by atoms with E-state index in [1.807, 2.05) is 36.4 Å². The monoisotopic (exact) mass is 318 g/mol. The highest BCUT2D eigenvalue weighted by atomic mass is 16.1. The van der Waals surface area contributed by atoms with Crippen molar-refractivity contribution in [1.29, 1.82) is 10.7 Å². The van der Waals surface area contributed by atoms with E-state index >= 15 is 0 Å². The number of hydrogen-bond acceptors (Lipinski definition) is 6. The minimum Gasteiger partial charge on any atom is -0.397 e. The van der Waals surface area contributed by atoms with E-state index in [0.717, 1.165) is 0 Å². The van der Waals surface area contributed by atoms with Crippen LogP contribution in [0.1, 0.15) is 28.5 Å². The molecular weight excluding hydrogens is 304 g/mol. The molecule has 0 fully saturated rings. The average molecular weight is 318 g/mol. The van der Waals surface area contributed by atoms with Crippen LogP contribution in [0.4, 0.5) is 5.69 Å². The van der Waals surface area contributed by atoms with Gasteiger partial charge in [-0.1, -0.05) is 18.2 Å². The SMILES string of the molecule is CC(=O)c1nn(-c2ccccc2)c2nc(=N)c(C#N)c(N)c-2c1C. The zero-order valence-corrected chi connectivity index (χ0v) is 13.2. The standard InChI is InChI=1S/C17H14N6O/c1-9-13-14(19)12(8-18)16(20)21-17(13)23(22-15(9)10(2)24)11-6-4-3-5-7-11/h3-7,20H,19H2,1-2H3. The summed E-state index contributed by atoms with van der Waals surface area (Å²) in [5.74, 6) is 0.122. The van der Waals surface area contributed by atoms with Crippen LogP contribution in [0.5, 0.6) is 0 Å². The van der Waals surface area contributed by atoms with E-state index < -0.39 is 0 Å². The number of aromatic nitrogens is 3. The first-order chi connectivity index (χ1) is 11.5. The molecule has 7 heteroatoms. The van der Waals surface area contributed by atoms with Gasteiger partial charge in [-0.2, -0.15) is 10.4 Å². The Morgan fingerprint density at radius 1 is 1.33 bits per heavy atom. The number of pyridine rings is 1. The fraction of sp³-hybridized carbons (Fsp3) is 0.118. The minimum atomic E-state index is -0.219. The van der Waals surface area contributed by atoms with Crippen molar-refractivity contribution in [2.75, 3.05) is 5.73 Å². The second-order valence-corrected chi connectivity index (χ2v) is 5.34.